The number of rotatable bonds is 1. The average Bonchev–Trinajstić information content (AvgIpc) is 1.85. The van der Waals surface area contributed by atoms with Crippen molar-refractivity contribution in [1.29, 1.82) is 0 Å². The monoisotopic (exact) mass is 348 g/mol. The van der Waals surface area contributed by atoms with E-state index in [1.807, 2.05) is 0 Å². The van der Waals surface area contributed by atoms with Gasteiger partial charge in [-0.1, -0.05) is 15.9 Å². The van der Waals surface area contributed by atoms with Gasteiger partial charge in [-0.3, -0.25) is 0 Å². The van der Waals surface area contributed by atoms with E-state index in [9.17, 15) is 4.39 Å². The smallest absolute Gasteiger partial charge is 0.125 e. The molecule has 0 unspecified atom stereocenters. The van der Waals surface area contributed by atoms with Crippen molar-refractivity contribution in [2.24, 2.45) is 0 Å². The lowest BCUT2D eigenvalue weighted by atomic mass is 10.2. The minimum Gasteiger partial charge on any atom is -0.207 e. The summed E-state index contributed by atoms with van der Waals surface area (Å²) in [5.41, 5.74) is 0.939. The van der Waals surface area contributed by atoms with Crippen LogP contribution in [0.15, 0.2) is 16.6 Å². The van der Waals surface area contributed by atoms with Crippen LogP contribution in [-0.2, 0) is 5.88 Å². The molecule has 0 heterocycles. The third-order valence-electron chi connectivity index (χ3n) is 1.24. The highest BCUT2D eigenvalue weighted by Gasteiger charge is 2.05. The molecule has 0 radical (unpaired) electrons. The van der Waals surface area contributed by atoms with Gasteiger partial charge < -0.3 is 0 Å². The molecule has 0 bridgehead atoms. The molecule has 60 valence electrons. The Bertz CT molecular complexity index is 254. The fourth-order valence-electron chi connectivity index (χ4n) is 0.700. The van der Waals surface area contributed by atoms with E-state index in [0.717, 1.165) is 13.6 Å². The van der Waals surface area contributed by atoms with Crippen molar-refractivity contribution >= 4 is 50.1 Å². The molecule has 1 aromatic carbocycles. The Morgan fingerprint density at radius 2 is 2.18 bits per heavy atom. The lowest BCUT2D eigenvalue weighted by Gasteiger charge is -2.02. The SMILES string of the molecule is Fc1cc(Br)c(CCl)c(I)c1. The number of hydrogen-bond donors (Lipinski definition) is 0. The summed E-state index contributed by atoms with van der Waals surface area (Å²) in [5.74, 6) is 0.161. The lowest BCUT2D eigenvalue weighted by molar-refractivity contribution is 0.625. The molecule has 0 amide bonds. The van der Waals surface area contributed by atoms with Gasteiger partial charge in [-0.25, -0.2) is 4.39 Å². The molecule has 0 saturated heterocycles. The maximum absolute atomic E-state index is 12.7. The molecule has 0 aliphatic rings. The first kappa shape index (κ1) is 9.74. The highest BCUT2D eigenvalue weighted by molar-refractivity contribution is 14.1. The Morgan fingerprint density at radius 3 is 2.64 bits per heavy atom. The van der Waals surface area contributed by atoms with E-state index in [1.54, 1.807) is 0 Å². The normalized spacial score (nSPS) is 10.2. The Kier molecular flexibility index (Phi) is 3.58. The molecule has 0 nitrogen and oxygen atoms in total. The van der Waals surface area contributed by atoms with Crippen molar-refractivity contribution in [3.05, 3.63) is 31.6 Å². The second-order valence-electron chi connectivity index (χ2n) is 1.98. The van der Waals surface area contributed by atoms with Gasteiger partial charge in [0.05, 0.1) is 0 Å². The first-order valence-electron chi connectivity index (χ1n) is 2.84. The molecule has 0 atom stereocenters. The van der Waals surface area contributed by atoms with Crippen molar-refractivity contribution in [3.63, 3.8) is 0 Å². The average molecular weight is 349 g/mol. The zero-order valence-electron chi connectivity index (χ0n) is 5.37. The lowest BCUT2D eigenvalue weighted by Crippen LogP contribution is -1.88. The molecular weight excluding hydrogens is 345 g/mol. The van der Waals surface area contributed by atoms with Gasteiger partial charge in [0.2, 0.25) is 0 Å². The number of hydrogen-bond acceptors (Lipinski definition) is 0. The van der Waals surface area contributed by atoms with Crippen LogP contribution in [-0.4, -0.2) is 0 Å². The van der Waals surface area contributed by atoms with E-state index >= 15 is 0 Å². The first-order valence-corrected chi connectivity index (χ1v) is 5.25. The molecule has 0 spiro atoms. The molecule has 0 fully saturated rings. The zero-order chi connectivity index (χ0) is 8.43. The fraction of sp³-hybridized carbons (Fsp3) is 0.143. The van der Waals surface area contributed by atoms with Gasteiger partial charge in [0.15, 0.2) is 0 Å². The van der Waals surface area contributed by atoms with Crippen LogP contribution in [0.1, 0.15) is 5.56 Å². The van der Waals surface area contributed by atoms with Crippen molar-refractivity contribution in [3.8, 4) is 0 Å². The van der Waals surface area contributed by atoms with E-state index in [-0.39, 0.29) is 5.82 Å². The van der Waals surface area contributed by atoms with Crippen molar-refractivity contribution in [2.45, 2.75) is 5.88 Å². The molecule has 11 heavy (non-hydrogen) atoms. The quantitative estimate of drug-likeness (QED) is 0.532. The molecule has 0 aliphatic carbocycles. The largest absolute Gasteiger partial charge is 0.207 e. The summed E-state index contributed by atoms with van der Waals surface area (Å²) in [7, 11) is 0. The van der Waals surface area contributed by atoms with Crippen LogP contribution < -0.4 is 0 Å². The third-order valence-corrected chi connectivity index (χ3v) is 3.18. The van der Waals surface area contributed by atoms with Gasteiger partial charge in [-0.2, -0.15) is 0 Å². The maximum atomic E-state index is 12.7. The summed E-state index contributed by atoms with van der Waals surface area (Å²) >= 11 is 10.9. The van der Waals surface area contributed by atoms with Crippen LogP contribution in [0, 0.1) is 9.39 Å². The van der Waals surface area contributed by atoms with Crippen LogP contribution >= 0.6 is 50.1 Å². The van der Waals surface area contributed by atoms with E-state index in [4.69, 9.17) is 11.6 Å². The van der Waals surface area contributed by atoms with Crippen LogP contribution in [0.5, 0.6) is 0 Å². The van der Waals surface area contributed by atoms with Crippen LogP contribution in [0.25, 0.3) is 0 Å². The van der Waals surface area contributed by atoms with E-state index < -0.39 is 0 Å². The van der Waals surface area contributed by atoms with Crippen LogP contribution in [0.2, 0.25) is 0 Å². The Balaban J connectivity index is 3.25. The van der Waals surface area contributed by atoms with E-state index in [0.29, 0.717) is 5.88 Å². The van der Waals surface area contributed by atoms with Gasteiger partial charge in [0.25, 0.3) is 0 Å². The highest BCUT2D eigenvalue weighted by atomic mass is 127. The van der Waals surface area contributed by atoms with Gasteiger partial charge >= 0.3 is 0 Å². The standard InChI is InChI=1S/C7H4BrClFI/c8-6-1-4(10)2-7(11)5(6)3-9/h1-2H,3H2. The Labute approximate surface area is 91.4 Å². The second kappa shape index (κ2) is 4.05. The maximum Gasteiger partial charge on any atom is 0.125 e. The van der Waals surface area contributed by atoms with Crippen LogP contribution in [0.4, 0.5) is 4.39 Å². The zero-order valence-corrected chi connectivity index (χ0v) is 9.87. The van der Waals surface area contributed by atoms with Crippen molar-refractivity contribution in [2.75, 3.05) is 0 Å². The van der Waals surface area contributed by atoms with Gasteiger partial charge in [0, 0.05) is 13.9 Å². The van der Waals surface area contributed by atoms with Crippen molar-refractivity contribution in [1.82, 2.24) is 0 Å². The summed E-state index contributed by atoms with van der Waals surface area (Å²) in [4.78, 5) is 0. The molecule has 1 rings (SSSR count). The summed E-state index contributed by atoms with van der Waals surface area (Å²) in [6.07, 6.45) is 0. The highest BCUT2D eigenvalue weighted by Crippen LogP contribution is 2.25. The third kappa shape index (κ3) is 2.29. The Morgan fingerprint density at radius 1 is 1.55 bits per heavy atom. The molecule has 0 aliphatic heterocycles. The topological polar surface area (TPSA) is 0 Å². The summed E-state index contributed by atoms with van der Waals surface area (Å²) in [6, 6.07) is 2.88. The van der Waals surface area contributed by atoms with Crippen LogP contribution in [0.3, 0.4) is 0 Å². The molecule has 0 aromatic heterocycles. The predicted octanol–water partition coefficient (Wildman–Crippen LogP) is 3.93. The molecule has 4 heteroatoms. The number of alkyl halides is 1. The van der Waals surface area contributed by atoms with E-state index in [1.165, 1.54) is 12.1 Å². The summed E-state index contributed by atoms with van der Waals surface area (Å²) in [5, 5.41) is 0. The summed E-state index contributed by atoms with van der Waals surface area (Å²) < 4.78 is 14.3. The Hall–Kier alpha value is 0.650. The van der Waals surface area contributed by atoms with Gasteiger partial charge in [-0.15, -0.1) is 11.6 Å². The van der Waals surface area contributed by atoms with Crippen molar-refractivity contribution < 1.29 is 4.39 Å². The predicted molar refractivity (Wildman–Crippen MR) is 56.4 cm³/mol. The van der Waals surface area contributed by atoms with Gasteiger partial charge in [0.1, 0.15) is 5.82 Å². The minimum atomic E-state index is -0.241. The second-order valence-corrected chi connectivity index (χ2v) is 4.27. The fourth-order valence-corrected chi connectivity index (χ4v) is 3.10. The molecule has 0 saturated carbocycles. The minimum absolute atomic E-state index is 0.241. The van der Waals surface area contributed by atoms with Gasteiger partial charge in [-0.05, 0) is 40.3 Å². The first-order chi connectivity index (χ1) is 5.15. The molecule has 0 N–H and O–H groups in total. The van der Waals surface area contributed by atoms with E-state index in [2.05, 4.69) is 38.5 Å². The molecular formula is C7H4BrClFI. The molecule has 1 aromatic rings. The summed E-state index contributed by atoms with van der Waals surface area (Å²) in [6.45, 7) is 0. The number of benzene rings is 1. The number of halogens is 4.